The number of hydrogen-bond donors (Lipinski definition) is 1. The number of benzene rings is 1. The molecule has 0 fully saturated rings. The molecule has 0 aliphatic heterocycles. The van der Waals surface area contributed by atoms with Gasteiger partial charge in [0.1, 0.15) is 17.5 Å². The van der Waals surface area contributed by atoms with Crippen molar-refractivity contribution in [1.29, 1.82) is 0 Å². The number of hydrogen-bond acceptors (Lipinski definition) is 5. The van der Waals surface area contributed by atoms with E-state index in [9.17, 15) is 5.11 Å². The molecule has 4 nitrogen and oxygen atoms in total. The molecule has 1 heterocycles. The lowest BCUT2D eigenvalue weighted by atomic mass is 10.1. The second-order valence-electron chi connectivity index (χ2n) is 3.65. The second-order valence-corrected chi connectivity index (χ2v) is 4.26. The normalized spacial score (nSPS) is 12.4. The van der Waals surface area contributed by atoms with Crippen LogP contribution in [-0.4, -0.2) is 21.3 Å². The lowest BCUT2D eigenvalue weighted by Crippen LogP contribution is -2.00. The lowest BCUT2D eigenvalue weighted by Gasteiger charge is -2.09. The average Bonchev–Trinajstić information content (AvgIpc) is 2.90. The Bertz CT molecular complexity index is 442. The second kappa shape index (κ2) is 5.75. The molecule has 0 aliphatic carbocycles. The monoisotopic (exact) mass is 250 g/mol. The average molecular weight is 250 g/mol. The van der Waals surface area contributed by atoms with E-state index < -0.39 is 6.10 Å². The van der Waals surface area contributed by atoms with Gasteiger partial charge >= 0.3 is 0 Å². The summed E-state index contributed by atoms with van der Waals surface area (Å²) in [5.41, 5.74) is 1.37. The quantitative estimate of drug-likeness (QED) is 0.885. The van der Waals surface area contributed by atoms with E-state index in [4.69, 9.17) is 4.74 Å². The molecule has 1 unspecified atom stereocenters. The third kappa shape index (κ3) is 3.01. The van der Waals surface area contributed by atoms with Crippen LogP contribution in [0.3, 0.4) is 0 Å². The van der Waals surface area contributed by atoms with Crippen LogP contribution in [0.15, 0.2) is 29.6 Å². The van der Waals surface area contributed by atoms with Crippen LogP contribution < -0.4 is 4.74 Å². The third-order valence-corrected chi connectivity index (χ3v) is 2.85. The molecule has 0 bridgehead atoms. The Morgan fingerprint density at radius 1 is 1.35 bits per heavy atom. The van der Waals surface area contributed by atoms with Crippen molar-refractivity contribution in [2.75, 3.05) is 6.61 Å². The molecule has 1 aromatic carbocycles. The fourth-order valence-corrected chi connectivity index (χ4v) is 1.90. The van der Waals surface area contributed by atoms with Crippen LogP contribution in [0.4, 0.5) is 0 Å². The standard InChI is InChI=1S/C12H14N2O2S/c1-2-7-16-10-5-3-9(4-6-10)12(15)11-8-17-14-13-11/h3-6,8,12,15H,2,7H2,1H3. The highest BCUT2D eigenvalue weighted by molar-refractivity contribution is 7.03. The number of aliphatic hydroxyl groups is 1. The molecule has 90 valence electrons. The predicted molar refractivity (Wildman–Crippen MR) is 66.2 cm³/mol. The summed E-state index contributed by atoms with van der Waals surface area (Å²) in [5, 5.41) is 15.6. The number of aliphatic hydroxyl groups excluding tert-OH is 1. The predicted octanol–water partition coefficient (Wildman–Crippen LogP) is 2.41. The van der Waals surface area contributed by atoms with Gasteiger partial charge in [-0.1, -0.05) is 23.5 Å². The van der Waals surface area contributed by atoms with Gasteiger partial charge in [-0.15, -0.1) is 5.10 Å². The van der Waals surface area contributed by atoms with E-state index >= 15 is 0 Å². The van der Waals surface area contributed by atoms with E-state index in [1.807, 2.05) is 24.3 Å². The SMILES string of the molecule is CCCOc1ccc(C(O)c2csnn2)cc1. The Hall–Kier alpha value is -1.46. The molecule has 0 aliphatic rings. The van der Waals surface area contributed by atoms with Gasteiger partial charge < -0.3 is 9.84 Å². The molecule has 0 spiro atoms. The lowest BCUT2D eigenvalue weighted by molar-refractivity contribution is 0.215. The molecule has 2 aromatic rings. The van der Waals surface area contributed by atoms with Gasteiger partial charge in [-0.25, -0.2) is 0 Å². The van der Waals surface area contributed by atoms with Crippen LogP contribution in [0.5, 0.6) is 5.75 Å². The van der Waals surface area contributed by atoms with Gasteiger partial charge in [0.15, 0.2) is 0 Å². The highest BCUT2D eigenvalue weighted by atomic mass is 32.1. The fraction of sp³-hybridized carbons (Fsp3) is 0.333. The van der Waals surface area contributed by atoms with Crippen molar-refractivity contribution >= 4 is 11.5 Å². The van der Waals surface area contributed by atoms with Crippen molar-refractivity contribution in [2.24, 2.45) is 0 Å². The molecule has 0 amide bonds. The zero-order chi connectivity index (χ0) is 12.1. The molecular formula is C12H14N2O2S. The van der Waals surface area contributed by atoms with Crippen LogP contribution in [0, 0.1) is 0 Å². The third-order valence-electron chi connectivity index (χ3n) is 2.33. The van der Waals surface area contributed by atoms with Crippen molar-refractivity contribution in [3.05, 3.63) is 40.9 Å². The molecule has 1 atom stereocenters. The minimum atomic E-state index is -0.714. The Balaban J connectivity index is 2.07. The Morgan fingerprint density at radius 3 is 2.71 bits per heavy atom. The molecule has 0 saturated heterocycles. The maximum absolute atomic E-state index is 10.0. The Morgan fingerprint density at radius 2 is 2.12 bits per heavy atom. The molecule has 0 radical (unpaired) electrons. The summed E-state index contributed by atoms with van der Waals surface area (Å²) in [6, 6.07) is 7.39. The van der Waals surface area contributed by atoms with Crippen LogP contribution in [0.25, 0.3) is 0 Å². The number of aromatic nitrogens is 2. The van der Waals surface area contributed by atoms with Gasteiger partial charge in [0.05, 0.1) is 6.61 Å². The Kier molecular flexibility index (Phi) is 4.06. The van der Waals surface area contributed by atoms with Crippen molar-refractivity contribution < 1.29 is 9.84 Å². The number of nitrogens with zero attached hydrogens (tertiary/aromatic N) is 2. The van der Waals surface area contributed by atoms with Crippen LogP contribution in [0.2, 0.25) is 0 Å². The highest BCUT2D eigenvalue weighted by Crippen LogP contribution is 2.23. The van der Waals surface area contributed by atoms with Crippen LogP contribution >= 0.6 is 11.5 Å². The summed E-state index contributed by atoms with van der Waals surface area (Å²) >= 11 is 1.23. The first kappa shape index (κ1) is 12.0. The molecule has 2 rings (SSSR count). The maximum Gasteiger partial charge on any atom is 0.124 e. The summed E-state index contributed by atoms with van der Waals surface area (Å²) < 4.78 is 9.21. The van der Waals surface area contributed by atoms with Crippen LogP contribution in [-0.2, 0) is 0 Å². The van der Waals surface area contributed by atoms with Crippen molar-refractivity contribution in [3.8, 4) is 5.75 Å². The molecule has 0 saturated carbocycles. The van der Waals surface area contributed by atoms with Gasteiger partial charge in [-0.3, -0.25) is 0 Å². The molecule has 5 heteroatoms. The van der Waals surface area contributed by atoms with E-state index in [0.717, 1.165) is 17.7 Å². The van der Waals surface area contributed by atoms with Gasteiger partial charge in [-0.05, 0) is 35.6 Å². The molecule has 17 heavy (non-hydrogen) atoms. The first-order chi connectivity index (χ1) is 8.31. The Labute approximate surface area is 104 Å². The van der Waals surface area contributed by atoms with Crippen molar-refractivity contribution in [1.82, 2.24) is 9.59 Å². The molecule has 1 N–H and O–H groups in total. The first-order valence-electron chi connectivity index (χ1n) is 5.49. The van der Waals surface area contributed by atoms with Gasteiger partial charge in [-0.2, -0.15) is 0 Å². The summed E-state index contributed by atoms with van der Waals surface area (Å²) in [7, 11) is 0. The molecular weight excluding hydrogens is 236 g/mol. The topological polar surface area (TPSA) is 55.2 Å². The first-order valence-corrected chi connectivity index (χ1v) is 6.32. The van der Waals surface area contributed by atoms with Gasteiger partial charge in [0.2, 0.25) is 0 Å². The maximum atomic E-state index is 10.0. The zero-order valence-corrected chi connectivity index (χ0v) is 10.4. The zero-order valence-electron chi connectivity index (χ0n) is 9.54. The fourth-order valence-electron chi connectivity index (χ4n) is 1.43. The van der Waals surface area contributed by atoms with Crippen molar-refractivity contribution in [2.45, 2.75) is 19.4 Å². The van der Waals surface area contributed by atoms with E-state index in [0.29, 0.717) is 12.3 Å². The van der Waals surface area contributed by atoms with Gasteiger partial charge in [0.25, 0.3) is 0 Å². The van der Waals surface area contributed by atoms with E-state index in [1.165, 1.54) is 11.5 Å². The van der Waals surface area contributed by atoms with E-state index in [2.05, 4.69) is 16.5 Å². The van der Waals surface area contributed by atoms with Crippen molar-refractivity contribution in [3.63, 3.8) is 0 Å². The summed E-state index contributed by atoms with van der Waals surface area (Å²) in [6.07, 6.45) is 0.267. The largest absolute Gasteiger partial charge is 0.494 e. The molecule has 1 aromatic heterocycles. The smallest absolute Gasteiger partial charge is 0.124 e. The summed E-state index contributed by atoms with van der Waals surface area (Å²) in [4.78, 5) is 0. The summed E-state index contributed by atoms with van der Waals surface area (Å²) in [6.45, 7) is 2.77. The minimum Gasteiger partial charge on any atom is -0.494 e. The van der Waals surface area contributed by atoms with Crippen LogP contribution in [0.1, 0.15) is 30.7 Å². The minimum absolute atomic E-state index is 0.581. The number of rotatable bonds is 5. The number of ether oxygens (including phenoxy) is 1. The van der Waals surface area contributed by atoms with Gasteiger partial charge in [0, 0.05) is 5.38 Å². The summed E-state index contributed by atoms with van der Waals surface area (Å²) in [5.74, 6) is 0.819. The highest BCUT2D eigenvalue weighted by Gasteiger charge is 2.12. The van der Waals surface area contributed by atoms with E-state index in [-0.39, 0.29) is 0 Å². The van der Waals surface area contributed by atoms with E-state index in [1.54, 1.807) is 5.38 Å².